The molecule has 130 valence electrons. The monoisotopic (exact) mass is 334 g/mol. The van der Waals surface area contributed by atoms with Crippen molar-refractivity contribution < 1.29 is 0 Å². The average Bonchev–Trinajstić information content (AvgIpc) is 2.69. The first kappa shape index (κ1) is 17.6. The molecule has 1 fully saturated rings. The van der Waals surface area contributed by atoms with Crippen LogP contribution in [0.5, 0.6) is 0 Å². The third kappa shape index (κ3) is 4.05. The number of piperidine rings is 1. The van der Waals surface area contributed by atoms with Gasteiger partial charge < -0.3 is 0 Å². The summed E-state index contributed by atoms with van der Waals surface area (Å²) in [7, 11) is 0. The maximum Gasteiger partial charge on any atom is 0.0854 e. The van der Waals surface area contributed by atoms with Gasteiger partial charge in [0, 0.05) is 12.0 Å². The van der Waals surface area contributed by atoms with E-state index in [1.54, 1.807) is 0 Å². The molecule has 0 aliphatic carbocycles. The van der Waals surface area contributed by atoms with Gasteiger partial charge in [0.05, 0.1) is 5.70 Å². The average molecular weight is 334 g/mol. The Morgan fingerprint density at radius 3 is 2.04 bits per heavy atom. The van der Waals surface area contributed by atoms with Gasteiger partial charge in [-0.15, -0.1) is 4.91 Å². The molecule has 3 nitrogen and oxygen atoms in total. The fourth-order valence-electron chi connectivity index (χ4n) is 4.04. The van der Waals surface area contributed by atoms with Crippen molar-refractivity contribution in [2.75, 3.05) is 13.1 Å². The van der Waals surface area contributed by atoms with Crippen molar-refractivity contribution in [2.45, 2.75) is 31.7 Å². The number of likely N-dealkylation sites (tertiary alicyclic amines) is 1. The van der Waals surface area contributed by atoms with E-state index < -0.39 is 0 Å². The summed E-state index contributed by atoms with van der Waals surface area (Å²) >= 11 is 0. The molecule has 0 saturated carbocycles. The molecular formula is C22H26N2O. The van der Waals surface area contributed by atoms with Gasteiger partial charge in [-0.1, -0.05) is 67.2 Å². The van der Waals surface area contributed by atoms with E-state index in [0.717, 1.165) is 31.5 Å². The third-order valence-corrected chi connectivity index (χ3v) is 5.51. The molecule has 0 spiro atoms. The molecule has 0 radical (unpaired) electrons. The molecule has 0 bridgehead atoms. The standard InChI is InChI=1S/C22H26N2O/c1-17(23-25)22(20-11-7-4-8-12-20)21-13-15-24(16-14-21)18(2)19-9-5-3-6-10-19/h3-12,18,21-22H,1,13-16H2,2H3. The SMILES string of the molecule is C=C(N=O)C(c1ccccc1)C1CCN(C(C)c2ccccc2)CC1. The highest BCUT2D eigenvalue weighted by atomic mass is 16.3. The Hall–Kier alpha value is -2.26. The lowest BCUT2D eigenvalue weighted by molar-refractivity contribution is 0.134. The molecule has 25 heavy (non-hydrogen) atoms. The van der Waals surface area contributed by atoms with Gasteiger partial charge in [0.1, 0.15) is 0 Å². The lowest BCUT2D eigenvalue weighted by Crippen LogP contribution is -2.37. The predicted octanol–water partition coefficient (Wildman–Crippen LogP) is 5.52. The van der Waals surface area contributed by atoms with Gasteiger partial charge in [-0.2, -0.15) is 0 Å². The van der Waals surface area contributed by atoms with Crippen molar-refractivity contribution in [3.8, 4) is 0 Å². The molecule has 2 unspecified atom stereocenters. The van der Waals surface area contributed by atoms with E-state index in [2.05, 4.69) is 66.0 Å². The summed E-state index contributed by atoms with van der Waals surface area (Å²) in [6.07, 6.45) is 2.12. The zero-order valence-electron chi connectivity index (χ0n) is 14.8. The van der Waals surface area contributed by atoms with Gasteiger partial charge in [0.2, 0.25) is 0 Å². The van der Waals surface area contributed by atoms with Crippen molar-refractivity contribution in [1.82, 2.24) is 4.90 Å². The Morgan fingerprint density at radius 2 is 1.52 bits per heavy atom. The maximum atomic E-state index is 11.2. The van der Waals surface area contributed by atoms with E-state index in [1.165, 1.54) is 5.56 Å². The highest BCUT2D eigenvalue weighted by Gasteiger charge is 2.31. The molecule has 1 saturated heterocycles. The van der Waals surface area contributed by atoms with Crippen molar-refractivity contribution in [2.24, 2.45) is 11.1 Å². The molecule has 3 rings (SSSR count). The van der Waals surface area contributed by atoms with Crippen molar-refractivity contribution in [1.29, 1.82) is 0 Å². The third-order valence-electron chi connectivity index (χ3n) is 5.51. The van der Waals surface area contributed by atoms with Crippen LogP contribution >= 0.6 is 0 Å². The molecule has 0 aromatic heterocycles. The number of rotatable bonds is 6. The Balaban J connectivity index is 1.69. The summed E-state index contributed by atoms with van der Waals surface area (Å²) in [5.41, 5.74) is 2.97. The first-order chi connectivity index (χ1) is 12.2. The van der Waals surface area contributed by atoms with Crippen LogP contribution in [0, 0.1) is 10.8 Å². The first-order valence-corrected chi connectivity index (χ1v) is 9.06. The zero-order valence-corrected chi connectivity index (χ0v) is 14.8. The summed E-state index contributed by atoms with van der Waals surface area (Å²) in [6.45, 7) is 8.28. The minimum absolute atomic E-state index is 0.0351. The number of nitroso groups, excluding NO2 is 1. The van der Waals surface area contributed by atoms with Crippen LogP contribution in [0.4, 0.5) is 0 Å². The van der Waals surface area contributed by atoms with Crippen molar-refractivity contribution in [3.63, 3.8) is 0 Å². The van der Waals surface area contributed by atoms with Gasteiger partial charge >= 0.3 is 0 Å². The fourth-order valence-corrected chi connectivity index (χ4v) is 4.04. The molecule has 2 atom stereocenters. The van der Waals surface area contributed by atoms with E-state index in [1.807, 2.05) is 18.2 Å². The minimum atomic E-state index is 0.0351. The Labute approximate surface area is 150 Å². The summed E-state index contributed by atoms with van der Waals surface area (Å²) in [6, 6.07) is 21.3. The summed E-state index contributed by atoms with van der Waals surface area (Å²) < 4.78 is 0. The first-order valence-electron chi connectivity index (χ1n) is 9.06. The number of hydrogen-bond donors (Lipinski definition) is 0. The topological polar surface area (TPSA) is 32.7 Å². The molecule has 2 aromatic rings. The van der Waals surface area contributed by atoms with Crippen LogP contribution in [0.3, 0.4) is 0 Å². The fraction of sp³-hybridized carbons (Fsp3) is 0.364. The number of allylic oxidation sites excluding steroid dienone is 1. The van der Waals surface area contributed by atoms with Gasteiger partial charge in [-0.25, -0.2) is 0 Å². The lowest BCUT2D eigenvalue weighted by Gasteiger charge is -2.39. The molecule has 1 heterocycles. The second kappa shape index (κ2) is 8.21. The van der Waals surface area contributed by atoms with Crippen LogP contribution in [-0.2, 0) is 0 Å². The van der Waals surface area contributed by atoms with Crippen molar-refractivity contribution in [3.05, 3.63) is 89.0 Å². The molecule has 2 aromatic carbocycles. The predicted molar refractivity (Wildman–Crippen MR) is 103 cm³/mol. The van der Waals surface area contributed by atoms with Gasteiger partial charge in [-0.05, 0) is 55.1 Å². The molecule has 1 aliphatic rings. The molecule has 0 amide bonds. The number of hydrogen-bond acceptors (Lipinski definition) is 3. The Morgan fingerprint density at radius 1 is 1.00 bits per heavy atom. The Bertz CT molecular complexity index is 690. The van der Waals surface area contributed by atoms with Crippen molar-refractivity contribution >= 4 is 0 Å². The molecule has 1 aliphatic heterocycles. The van der Waals surface area contributed by atoms with Crippen LogP contribution < -0.4 is 0 Å². The van der Waals surface area contributed by atoms with Crippen LogP contribution in [0.2, 0.25) is 0 Å². The highest BCUT2D eigenvalue weighted by molar-refractivity contribution is 5.28. The van der Waals surface area contributed by atoms with E-state index in [0.29, 0.717) is 17.7 Å². The molecule has 3 heteroatoms. The largest absolute Gasteiger partial charge is 0.297 e. The normalized spacial score (nSPS) is 18.4. The van der Waals surface area contributed by atoms with Gasteiger partial charge in [0.25, 0.3) is 0 Å². The maximum absolute atomic E-state index is 11.2. The summed E-state index contributed by atoms with van der Waals surface area (Å²) in [4.78, 5) is 13.7. The second-order valence-corrected chi connectivity index (χ2v) is 6.93. The highest BCUT2D eigenvalue weighted by Crippen LogP contribution is 2.39. The van der Waals surface area contributed by atoms with Crippen LogP contribution in [0.1, 0.15) is 42.9 Å². The smallest absolute Gasteiger partial charge is 0.0854 e. The number of nitrogens with zero attached hydrogens (tertiary/aromatic N) is 2. The second-order valence-electron chi connectivity index (χ2n) is 6.93. The molecular weight excluding hydrogens is 308 g/mol. The molecule has 0 N–H and O–H groups in total. The summed E-state index contributed by atoms with van der Waals surface area (Å²) in [5, 5.41) is 3.18. The quantitative estimate of drug-likeness (QED) is 0.651. The van der Waals surface area contributed by atoms with Crippen LogP contribution in [0.15, 0.2) is 78.1 Å². The number of benzene rings is 2. The van der Waals surface area contributed by atoms with E-state index in [9.17, 15) is 4.91 Å². The van der Waals surface area contributed by atoms with Crippen LogP contribution in [0.25, 0.3) is 0 Å². The van der Waals surface area contributed by atoms with E-state index >= 15 is 0 Å². The summed E-state index contributed by atoms with van der Waals surface area (Å²) in [5.74, 6) is 0.458. The van der Waals surface area contributed by atoms with Crippen LogP contribution in [-0.4, -0.2) is 18.0 Å². The van der Waals surface area contributed by atoms with E-state index in [4.69, 9.17) is 0 Å². The van der Waals surface area contributed by atoms with E-state index in [-0.39, 0.29) is 5.92 Å². The Kier molecular flexibility index (Phi) is 5.77. The zero-order chi connectivity index (χ0) is 17.6. The van der Waals surface area contributed by atoms with Gasteiger partial charge in [0.15, 0.2) is 0 Å². The minimum Gasteiger partial charge on any atom is -0.297 e. The lowest BCUT2D eigenvalue weighted by atomic mass is 9.78. The van der Waals surface area contributed by atoms with Gasteiger partial charge in [-0.3, -0.25) is 4.90 Å².